The lowest BCUT2D eigenvalue weighted by atomic mass is 10.1. The van der Waals surface area contributed by atoms with E-state index in [-0.39, 0.29) is 42.2 Å². The number of hydrogen-bond acceptors (Lipinski definition) is 9. The van der Waals surface area contributed by atoms with Crippen molar-refractivity contribution in [2.45, 2.75) is 26.3 Å². The molecule has 0 fully saturated rings. The van der Waals surface area contributed by atoms with E-state index in [0.717, 1.165) is 0 Å². The van der Waals surface area contributed by atoms with Gasteiger partial charge < -0.3 is 27.3 Å². The van der Waals surface area contributed by atoms with Gasteiger partial charge in [-0.2, -0.15) is 0 Å². The van der Waals surface area contributed by atoms with Crippen molar-refractivity contribution in [2.75, 3.05) is 17.6 Å². The van der Waals surface area contributed by atoms with Gasteiger partial charge in [-0.05, 0) is 30.2 Å². The van der Waals surface area contributed by atoms with Crippen LogP contribution in [-0.4, -0.2) is 29.4 Å². The molecule has 1 aromatic heterocycles. The molecule has 0 aliphatic rings. The molecule has 0 aliphatic heterocycles. The first-order valence-electron chi connectivity index (χ1n) is 9.06. The van der Waals surface area contributed by atoms with Gasteiger partial charge in [-0.3, -0.25) is 4.79 Å². The van der Waals surface area contributed by atoms with Gasteiger partial charge in [0.2, 0.25) is 5.91 Å². The Morgan fingerprint density at radius 3 is 2.48 bits per heavy atom. The number of aromatic nitrogens is 1. The molecule has 2 aromatic rings. The van der Waals surface area contributed by atoms with Crippen molar-refractivity contribution < 1.29 is 14.3 Å². The number of hydrogen-bond donors (Lipinski definition) is 4. The van der Waals surface area contributed by atoms with Crippen molar-refractivity contribution >= 4 is 34.9 Å². The minimum atomic E-state index is -0.748. The standard InChI is InChI=1S/C19H25N7O3/c1-11(2)17(21)19(28)29-14-6-4-3-5-12(14)25-26-13-7-8-15(24-18(13)22)23-16(27)9-10-20/h3-8,11,17H,9-10,20-21H2,1-2H3,(H3,22,23,24,27)/t17-/m0/s1. The highest BCUT2D eigenvalue weighted by atomic mass is 16.5. The van der Waals surface area contributed by atoms with Crippen LogP contribution in [0.25, 0.3) is 0 Å². The Morgan fingerprint density at radius 2 is 1.83 bits per heavy atom. The fourth-order valence-corrected chi connectivity index (χ4v) is 2.14. The number of ether oxygens (including phenoxy) is 1. The van der Waals surface area contributed by atoms with E-state index in [2.05, 4.69) is 20.5 Å². The minimum Gasteiger partial charge on any atom is -0.423 e. The number of benzene rings is 1. The van der Waals surface area contributed by atoms with Crippen molar-refractivity contribution in [3.8, 4) is 5.75 Å². The third-order valence-corrected chi connectivity index (χ3v) is 3.87. The number of pyridine rings is 1. The molecule has 0 saturated heterocycles. The highest BCUT2D eigenvalue weighted by molar-refractivity contribution is 5.90. The quantitative estimate of drug-likeness (QED) is 0.299. The molecule has 1 heterocycles. The Bertz CT molecular complexity index is 899. The molecule has 1 atom stereocenters. The zero-order valence-electron chi connectivity index (χ0n) is 16.3. The van der Waals surface area contributed by atoms with Crippen LogP contribution >= 0.6 is 0 Å². The summed E-state index contributed by atoms with van der Waals surface area (Å²) in [6, 6.07) is 9.03. The Morgan fingerprint density at radius 1 is 1.14 bits per heavy atom. The van der Waals surface area contributed by atoms with Crippen LogP contribution in [0.4, 0.5) is 23.0 Å². The lowest BCUT2D eigenvalue weighted by Crippen LogP contribution is -2.38. The molecular formula is C19H25N7O3. The van der Waals surface area contributed by atoms with E-state index < -0.39 is 12.0 Å². The van der Waals surface area contributed by atoms with Crippen LogP contribution in [0.15, 0.2) is 46.6 Å². The van der Waals surface area contributed by atoms with Crippen molar-refractivity contribution in [3.05, 3.63) is 36.4 Å². The number of nitrogens with two attached hydrogens (primary N) is 3. The highest BCUT2D eigenvalue weighted by Gasteiger charge is 2.20. The molecule has 154 valence electrons. The van der Waals surface area contributed by atoms with Gasteiger partial charge >= 0.3 is 5.97 Å². The molecule has 0 bridgehead atoms. The molecule has 0 radical (unpaired) electrons. The maximum absolute atomic E-state index is 12.1. The van der Waals surface area contributed by atoms with Crippen LogP contribution in [0, 0.1) is 5.92 Å². The second-order valence-corrected chi connectivity index (χ2v) is 6.55. The van der Waals surface area contributed by atoms with Crippen LogP contribution < -0.4 is 27.3 Å². The molecule has 7 N–H and O–H groups in total. The zero-order valence-corrected chi connectivity index (χ0v) is 16.3. The predicted molar refractivity (Wildman–Crippen MR) is 110 cm³/mol. The summed E-state index contributed by atoms with van der Waals surface area (Å²) in [5, 5.41) is 10.7. The van der Waals surface area contributed by atoms with E-state index in [9.17, 15) is 9.59 Å². The van der Waals surface area contributed by atoms with Gasteiger partial charge in [0.05, 0.1) is 0 Å². The molecule has 0 spiro atoms. The topological polar surface area (TPSA) is 171 Å². The van der Waals surface area contributed by atoms with Crippen LogP contribution in [0.3, 0.4) is 0 Å². The highest BCUT2D eigenvalue weighted by Crippen LogP contribution is 2.31. The normalized spacial score (nSPS) is 12.2. The summed E-state index contributed by atoms with van der Waals surface area (Å²) < 4.78 is 5.35. The van der Waals surface area contributed by atoms with E-state index in [0.29, 0.717) is 11.4 Å². The van der Waals surface area contributed by atoms with E-state index in [1.54, 1.807) is 36.4 Å². The van der Waals surface area contributed by atoms with Gasteiger partial charge in [0.1, 0.15) is 23.2 Å². The molecule has 10 nitrogen and oxygen atoms in total. The maximum atomic E-state index is 12.1. The van der Waals surface area contributed by atoms with E-state index in [1.165, 1.54) is 0 Å². The summed E-state index contributed by atoms with van der Waals surface area (Å²) in [4.78, 5) is 27.8. The number of para-hydroxylation sites is 1. The molecular weight excluding hydrogens is 374 g/mol. The first-order valence-corrected chi connectivity index (χ1v) is 9.06. The van der Waals surface area contributed by atoms with Crippen molar-refractivity contribution in [1.29, 1.82) is 0 Å². The third-order valence-electron chi connectivity index (χ3n) is 3.87. The van der Waals surface area contributed by atoms with Crippen molar-refractivity contribution in [2.24, 2.45) is 27.6 Å². The largest absolute Gasteiger partial charge is 0.423 e. The van der Waals surface area contributed by atoms with Gasteiger partial charge in [-0.15, -0.1) is 10.2 Å². The molecule has 1 aromatic carbocycles. The lowest BCUT2D eigenvalue weighted by Gasteiger charge is -2.14. The maximum Gasteiger partial charge on any atom is 0.328 e. The van der Waals surface area contributed by atoms with E-state index in [4.69, 9.17) is 21.9 Å². The zero-order chi connectivity index (χ0) is 21.4. The predicted octanol–water partition coefficient (Wildman–Crippen LogP) is 2.26. The number of azo groups is 1. The Balaban J connectivity index is 2.16. The second-order valence-electron chi connectivity index (χ2n) is 6.55. The number of esters is 1. The molecule has 0 saturated carbocycles. The summed E-state index contributed by atoms with van der Waals surface area (Å²) in [6.45, 7) is 3.89. The number of nitrogens with one attached hydrogen (secondary N) is 1. The fraction of sp³-hybridized carbons (Fsp3) is 0.316. The smallest absolute Gasteiger partial charge is 0.328 e. The first-order chi connectivity index (χ1) is 13.8. The fourth-order valence-electron chi connectivity index (χ4n) is 2.14. The van der Waals surface area contributed by atoms with E-state index in [1.807, 2.05) is 13.8 Å². The Labute approximate surface area is 168 Å². The third kappa shape index (κ3) is 6.33. The number of nitrogens with zero attached hydrogens (tertiary/aromatic N) is 3. The van der Waals surface area contributed by atoms with Crippen LogP contribution in [-0.2, 0) is 9.59 Å². The summed E-state index contributed by atoms with van der Waals surface area (Å²) in [7, 11) is 0. The van der Waals surface area contributed by atoms with Gasteiger partial charge in [-0.25, -0.2) is 9.78 Å². The number of nitrogen functional groups attached to an aromatic ring is 1. The lowest BCUT2D eigenvalue weighted by molar-refractivity contribution is -0.136. The van der Waals surface area contributed by atoms with Crippen molar-refractivity contribution in [1.82, 2.24) is 4.98 Å². The number of anilines is 2. The average Bonchev–Trinajstić information content (AvgIpc) is 2.67. The molecule has 1 amide bonds. The molecule has 29 heavy (non-hydrogen) atoms. The van der Waals surface area contributed by atoms with Crippen LogP contribution in [0.5, 0.6) is 5.75 Å². The van der Waals surface area contributed by atoms with Gasteiger partial charge in [0.25, 0.3) is 0 Å². The summed E-state index contributed by atoms with van der Waals surface area (Å²) >= 11 is 0. The average molecular weight is 399 g/mol. The summed E-state index contributed by atoms with van der Waals surface area (Å²) in [5.41, 5.74) is 17.7. The van der Waals surface area contributed by atoms with Crippen LogP contribution in [0.2, 0.25) is 0 Å². The van der Waals surface area contributed by atoms with Gasteiger partial charge in [0, 0.05) is 13.0 Å². The van der Waals surface area contributed by atoms with Crippen LogP contribution in [0.1, 0.15) is 20.3 Å². The minimum absolute atomic E-state index is 0.0639. The molecule has 0 unspecified atom stereocenters. The van der Waals surface area contributed by atoms with Gasteiger partial charge in [0.15, 0.2) is 11.6 Å². The SMILES string of the molecule is CC(C)[C@H](N)C(=O)Oc1ccccc1N=Nc1ccc(NC(=O)CCN)nc1N. The van der Waals surface area contributed by atoms with E-state index >= 15 is 0 Å². The van der Waals surface area contributed by atoms with Crippen molar-refractivity contribution in [3.63, 3.8) is 0 Å². The second kappa shape index (κ2) is 10.2. The number of rotatable bonds is 8. The molecule has 0 aliphatic carbocycles. The Kier molecular flexibility index (Phi) is 7.75. The Hall–Kier alpha value is -3.37. The number of amides is 1. The number of carbonyl (C=O) groups excluding carboxylic acids is 2. The van der Waals surface area contributed by atoms with Gasteiger partial charge in [-0.1, -0.05) is 26.0 Å². The first kappa shape index (κ1) is 21.9. The monoisotopic (exact) mass is 399 g/mol. The number of carbonyl (C=O) groups is 2. The molecule has 2 rings (SSSR count). The molecule has 10 heteroatoms. The summed E-state index contributed by atoms with van der Waals surface area (Å²) in [6.07, 6.45) is 0.180. The summed E-state index contributed by atoms with van der Waals surface area (Å²) in [5.74, 6) is -0.279.